The van der Waals surface area contributed by atoms with E-state index in [4.69, 9.17) is 14.5 Å². The standard InChI is InChI=1S/C21H25N5O2/c1-3-22-21(24-12-16-6-7-18-19(11-16)28-14-27-18)23-9-8-17-13-26-10-4-5-15(2)20(26)25-17/h4-7,10-11,13H,3,8-9,12,14H2,1-2H3,(H2,22,23,24). The zero-order chi connectivity index (χ0) is 19.3. The van der Waals surface area contributed by atoms with Gasteiger partial charge in [-0.25, -0.2) is 9.98 Å². The molecule has 0 atom stereocenters. The lowest BCUT2D eigenvalue weighted by molar-refractivity contribution is 0.174. The molecule has 28 heavy (non-hydrogen) atoms. The highest BCUT2D eigenvalue weighted by Crippen LogP contribution is 2.32. The monoisotopic (exact) mass is 379 g/mol. The van der Waals surface area contributed by atoms with Gasteiger partial charge < -0.3 is 24.5 Å². The fourth-order valence-corrected chi connectivity index (χ4v) is 3.19. The van der Waals surface area contributed by atoms with E-state index in [-0.39, 0.29) is 6.79 Å². The van der Waals surface area contributed by atoms with Crippen LogP contribution in [0.3, 0.4) is 0 Å². The number of aryl methyl sites for hydroxylation is 1. The summed E-state index contributed by atoms with van der Waals surface area (Å²) in [6, 6.07) is 10.0. The Morgan fingerprint density at radius 1 is 1.21 bits per heavy atom. The minimum atomic E-state index is 0.287. The number of nitrogens with one attached hydrogen (secondary N) is 2. The Hall–Kier alpha value is -3.22. The normalized spacial score (nSPS) is 13.1. The molecule has 7 nitrogen and oxygen atoms in total. The smallest absolute Gasteiger partial charge is 0.231 e. The van der Waals surface area contributed by atoms with Crippen LogP contribution < -0.4 is 20.1 Å². The van der Waals surface area contributed by atoms with Crippen molar-refractivity contribution in [2.75, 3.05) is 19.9 Å². The number of guanidine groups is 1. The van der Waals surface area contributed by atoms with Crippen molar-refractivity contribution in [3.8, 4) is 11.5 Å². The summed E-state index contributed by atoms with van der Waals surface area (Å²) in [6.45, 7) is 6.56. The summed E-state index contributed by atoms with van der Waals surface area (Å²) in [6.07, 6.45) is 4.94. The summed E-state index contributed by atoms with van der Waals surface area (Å²) in [5.74, 6) is 2.37. The van der Waals surface area contributed by atoms with Gasteiger partial charge in [0.2, 0.25) is 6.79 Å². The molecule has 146 valence electrons. The van der Waals surface area contributed by atoms with Crippen LogP contribution in [0.5, 0.6) is 11.5 Å². The number of imidazole rings is 1. The van der Waals surface area contributed by atoms with Crippen LogP contribution in [-0.4, -0.2) is 35.2 Å². The summed E-state index contributed by atoms with van der Waals surface area (Å²) in [7, 11) is 0. The second kappa shape index (κ2) is 8.21. The van der Waals surface area contributed by atoms with Gasteiger partial charge in [0.25, 0.3) is 0 Å². The first-order valence-corrected chi connectivity index (χ1v) is 9.57. The lowest BCUT2D eigenvalue weighted by atomic mass is 10.2. The first-order chi connectivity index (χ1) is 13.7. The molecule has 2 N–H and O–H groups in total. The molecule has 0 bridgehead atoms. The quantitative estimate of drug-likeness (QED) is 0.509. The molecule has 3 aromatic rings. The van der Waals surface area contributed by atoms with Gasteiger partial charge in [-0.3, -0.25) is 0 Å². The molecule has 0 unspecified atom stereocenters. The molecule has 7 heteroatoms. The van der Waals surface area contributed by atoms with Gasteiger partial charge in [-0.2, -0.15) is 0 Å². The Balaban J connectivity index is 1.36. The highest BCUT2D eigenvalue weighted by molar-refractivity contribution is 5.79. The molecule has 4 rings (SSSR count). The first-order valence-electron chi connectivity index (χ1n) is 9.57. The van der Waals surface area contributed by atoms with Gasteiger partial charge in [-0.15, -0.1) is 0 Å². The third-order valence-corrected chi connectivity index (χ3v) is 4.60. The number of rotatable bonds is 6. The topological polar surface area (TPSA) is 72.2 Å². The van der Waals surface area contributed by atoms with Crippen LogP contribution in [0.25, 0.3) is 5.65 Å². The largest absolute Gasteiger partial charge is 0.454 e. The molecule has 0 saturated carbocycles. The number of hydrogen-bond acceptors (Lipinski definition) is 4. The van der Waals surface area contributed by atoms with E-state index in [2.05, 4.69) is 46.1 Å². The lowest BCUT2D eigenvalue weighted by Gasteiger charge is -2.10. The van der Waals surface area contributed by atoms with Gasteiger partial charge in [0.05, 0.1) is 12.2 Å². The molecular formula is C21H25N5O2. The van der Waals surface area contributed by atoms with Gasteiger partial charge in [0.1, 0.15) is 5.65 Å². The SMILES string of the molecule is CCNC(=NCc1ccc2c(c1)OCO2)NCCc1cn2cccc(C)c2n1. The fraction of sp³-hybridized carbons (Fsp3) is 0.333. The first kappa shape index (κ1) is 18.2. The van der Waals surface area contributed by atoms with Crippen molar-refractivity contribution < 1.29 is 9.47 Å². The third kappa shape index (κ3) is 4.03. The van der Waals surface area contributed by atoms with E-state index in [9.17, 15) is 0 Å². The van der Waals surface area contributed by atoms with Crippen LogP contribution in [-0.2, 0) is 13.0 Å². The van der Waals surface area contributed by atoms with Crippen LogP contribution in [0.15, 0.2) is 47.7 Å². The molecule has 3 heterocycles. The number of aromatic nitrogens is 2. The molecule has 0 aliphatic carbocycles. The zero-order valence-electron chi connectivity index (χ0n) is 16.2. The summed E-state index contributed by atoms with van der Waals surface area (Å²) in [5, 5.41) is 6.67. The second-order valence-electron chi connectivity index (χ2n) is 6.71. The highest BCUT2D eigenvalue weighted by Gasteiger charge is 2.13. The number of fused-ring (bicyclic) bond motifs is 2. The average Bonchev–Trinajstić information content (AvgIpc) is 3.33. The fourth-order valence-electron chi connectivity index (χ4n) is 3.19. The molecule has 2 aromatic heterocycles. The number of hydrogen-bond donors (Lipinski definition) is 2. The maximum Gasteiger partial charge on any atom is 0.231 e. The molecule has 1 aliphatic rings. The predicted octanol–water partition coefficient (Wildman–Crippen LogP) is 2.67. The molecule has 0 radical (unpaired) electrons. The number of benzene rings is 1. The predicted molar refractivity (Wildman–Crippen MR) is 109 cm³/mol. The number of aliphatic imine (C=N–C) groups is 1. The van der Waals surface area contributed by atoms with Crippen molar-refractivity contribution >= 4 is 11.6 Å². The Morgan fingerprint density at radius 2 is 2.11 bits per heavy atom. The minimum Gasteiger partial charge on any atom is -0.454 e. The zero-order valence-corrected chi connectivity index (χ0v) is 16.2. The summed E-state index contributed by atoms with van der Waals surface area (Å²) >= 11 is 0. The minimum absolute atomic E-state index is 0.287. The van der Waals surface area contributed by atoms with Crippen molar-refractivity contribution in [3.63, 3.8) is 0 Å². The molecule has 0 amide bonds. The van der Waals surface area contributed by atoms with E-state index in [1.165, 1.54) is 5.56 Å². The Labute approximate surface area is 164 Å². The number of ether oxygens (including phenoxy) is 2. The average molecular weight is 379 g/mol. The maximum atomic E-state index is 5.43. The molecule has 0 spiro atoms. The van der Waals surface area contributed by atoms with Crippen molar-refractivity contribution in [3.05, 3.63) is 59.5 Å². The lowest BCUT2D eigenvalue weighted by Crippen LogP contribution is -2.38. The molecule has 1 aliphatic heterocycles. The third-order valence-electron chi connectivity index (χ3n) is 4.60. The van der Waals surface area contributed by atoms with Crippen molar-refractivity contribution in [1.29, 1.82) is 0 Å². The molecule has 1 aromatic carbocycles. The van der Waals surface area contributed by atoms with E-state index in [1.54, 1.807) is 0 Å². The molecular weight excluding hydrogens is 354 g/mol. The summed E-state index contributed by atoms with van der Waals surface area (Å²) in [4.78, 5) is 9.39. The highest BCUT2D eigenvalue weighted by atomic mass is 16.7. The van der Waals surface area contributed by atoms with Crippen LogP contribution in [0.2, 0.25) is 0 Å². The summed E-state index contributed by atoms with van der Waals surface area (Å²) < 4.78 is 12.9. The van der Waals surface area contributed by atoms with Gasteiger partial charge in [-0.05, 0) is 43.2 Å². The van der Waals surface area contributed by atoms with Gasteiger partial charge in [0.15, 0.2) is 17.5 Å². The molecule has 0 saturated heterocycles. The Morgan fingerprint density at radius 3 is 2.96 bits per heavy atom. The van der Waals surface area contributed by atoms with Crippen LogP contribution in [0.1, 0.15) is 23.7 Å². The van der Waals surface area contributed by atoms with E-state index in [1.807, 2.05) is 30.5 Å². The summed E-state index contributed by atoms with van der Waals surface area (Å²) in [5.41, 5.74) is 4.34. The van der Waals surface area contributed by atoms with Crippen LogP contribution in [0.4, 0.5) is 0 Å². The second-order valence-corrected chi connectivity index (χ2v) is 6.71. The van der Waals surface area contributed by atoms with E-state index < -0.39 is 0 Å². The maximum absolute atomic E-state index is 5.43. The van der Waals surface area contributed by atoms with Gasteiger partial charge in [0, 0.05) is 31.9 Å². The van der Waals surface area contributed by atoms with E-state index >= 15 is 0 Å². The van der Waals surface area contributed by atoms with E-state index in [0.717, 1.165) is 53.9 Å². The van der Waals surface area contributed by atoms with Gasteiger partial charge >= 0.3 is 0 Å². The number of nitrogens with zero attached hydrogens (tertiary/aromatic N) is 3. The van der Waals surface area contributed by atoms with Crippen molar-refractivity contribution in [2.24, 2.45) is 4.99 Å². The van der Waals surface area contributed by atoms with Crippen LogP contribution >= 0.6 is 0 Å². The van der Waals surface area contributed by atoms with Gasteiger partial charge in [-0.1, -0.05) is 12.1 Å². The number of pyridine rings is 1. The van der Waals surface area contributed by atoms with Crippen LogP contribution in [0, 0.1) is 6.92 Å². The Kier molecular flexibility index (Phi) is 5.32. The molecule has 0 fully saturated rings. The van der Waals surface area contributed by atoms with Crippen molar-refractivity contribution in [2.45, 2.75) is 26.8 Å². The Bertz CT molecular complexity index is 996. The van der Waals surface area contributed by atoms with Crippen molar-refractivity contribution in [1.82, 2.24) is 20.0 Å². The van der Waals surface area contributed by atoms with E-state index in [0.29, 0.717) is 6.54 Å².